The Morgan fingerprint density at radius 3 is 2.55 bits per heavy atom. The van der Waals surface area contributed by atoms with Crippen molar-refractivity contribution in [2.45, 2.75) is 33.3 Å². The Kier molecular flexibility index (Phi) is 3.89. The van der Waals surface area contributed by atoms with Gasteiger partial charge in [-0.15, -0.1) is 11.3 Å². The van der Waals surface area contributed by atoms with Crippen molar-refractivity contribution in [2.24, 2.45) is 0 Å². The average Bonchev–Trinajstić information content (AvgIpc) is 2.64. The van der Waals surface area contributed by atoms with Gasteiger partial charge in [0.05, 0.1) is 4.88 Å². The average molecular weight is 311 g/mol. The molecule has 106 valence electrons. The number of aryl methyl sites for hydroxylation is 1. The first-order valence-corrected chi connectivity index (χ1v) is 7.35. The van der Waals surface area contributed by atoms with Crippen molar-refractivity contribution in [3.63, 3.8) is 0 Å². The normalized spacial score (nSPS) is 11.7. The summed E-state index contributed by atoms with van der Waals surface area (Å²) in [6, 6.07) is 5.54. The molecule has 0 aliphatic rings. The Morgan fingerprint density at radius 2 is 1.95 bits per heavy atom. The summed E-state index contributed by atoms with van der Waals surface area (Å²) in [5.74, 6) is -0.660. The van der Waals surface area contributed by atoms with Crippen molar-refractivity contribution in [2.75, 3.05) is 0 Å². The second-order valence-corrected chi connectivity index (χ2v) is 6.62. The van der Waals surface area contributed by atoms with Gasteiger partial charge >= 0.3 is 5.97 Å². The second-order valence-electron chi connectivity index (χ2n) is 5.13. The van der Waals surface area contributed by atoms with Crippen LogP contribution < -0.4 is 0 Å². The highest BCUT2D eigenvalue weighted by Gasteiger charge is 2.34. The van der Waals surface area contributed by atoms with Crippen LogP contribution in [0.1, 0.15) is 36.0 Å². The van der Waals surface area contributed by atoms with Gasteiger partial charge in [0.1, 0.15) is 0 Å². The van der Waals surface area contributed by atoms with Crippen molar-refractivity contribution in [3.05, 3.63) is 33.7 Å². The zero-order chi connectivity index (χ0) is 15.1. The monoisotopic (exact) mass is 310 g/mol. The Bertz CT molecular complexity index is 700. The van der Waals surface area contributed by atoms with Crippen LogP contribution in [0.4, 0.5) is 0 Å². The van der Waals surface area contributed by atoms with Gasteiger partial charge in [-0.05, 0) is 49.9 Å². The van der Waals surface area contributed by atoms with Crippen LogP contribution in [-0.2, 0) is 9.53 Å². The number of halogens is 1. The third-order valence-corrected chi connectivity index (χ3v) is 4.56. The summed E-state index contributed by atoms with van der Waals surface area (Å²) in [7, 11) is 0. The molecule has 0 bridgehead atoms. The molecule has 1 aromatic heterocycles. The van der Waals surface area contributed by atoms with E-state index in [1.807, 2.05) is 19.1 Å². The molecule has 1 aromatic carbocycles. The highest BCUT2D eigenvalue weighted by atomic mass is 35.5. The lowest BCUT2D eigenvalue weighted by Gasteiger charge is -2.22. The molecule has 0 unspecified atom stereocenters. The van der Waals surface area contributed by atoms with Gasteiger partial charge in [0.2, 0.25) is 5.78 Å². The molecule has 3 nitrogen and oxygen atoms in total. The van der Waals surface area contributed by atoms with E-state index >= 15 is 0 Å². The van der Waals surface area contributed by atoms with Gasteiger partial charge in [-0.2, -0.15) is 0 Å². The molecule has 5 heteroatoms. The van der Waals surface area contributed by atoms with Crippen LogP contribution in [-0.4, -0.2) is 17.4 Å². The highest BCUT2D eigenvalue weighted by molar-refractivity contribution is 7.21. The van der Waals surface area contributed by atoms with Gasteiger partial charge in [0.25, 0.3) is 0 Å². The summed E-state index contributed by atoms with van der Waals surface area (Å²) in [6.07, 6.45) is 0. The number of thiophene rings is 1. The third kappa shape index (κ3) is 2.72. The predicted molar refractivity (Wildman–Crippen MR) is 81.7 cm³/mol. The lowest BCUT2D eigenvalue weighted by Crippen LogP contribution is -2.36. The number of benzene rings is 1. The zero-order valence-corrected chi connectivity index (χ0v) is 13.3. The number of ketones is 1. The molecule has 2 aromatic rings. The van der Waals surface area contributed by atoms with Crippen LogP contribution >= 0.6 is 22.9 Å². The second kappa shape index (κ2) is 5.19. The minimum absolute atomic E-state index is 0.192. The largest absolute Gasteiger partial charge is 0.451 e. The number of hydrogen-bond acceptors (Lipinski definition) is 4. The molecule has 0 saturated carbocycles. The van der Waals surface area contributed by atoms with Crippen LogP contribution in [0.5, 0.6) is 0 Å². The van der Waals surface area contributed by atoms with Crippen LogP contribution in [0.3, 0.4) is 0 Å². The van der Waals surface area contributed by atoms with Crippen molar-refractivity contribution in [1.29, 1.82) is 0 Å². The first-order chi connectivity index (χ1) is 9.22. The summed E-state index contributed by atoms with van der Waals surface area (Å²) >= 11 is 7.38. The molecule has 0 amide bonds. The molecule has 0 atom stereocenters. The molecule has 0 aliphatic carbocycles. The maximum Gasteiger partial charge on any atom is 0.303 e. The number of rotatable bonds is 3. The minimum atomic E-state index is -1.17. The first-order valence-electron chi connectivity index (χ1n) is 6.15. The van der Waals surface area contributed by atoms with Gasteiger partial charge in [0.15, 0.2) is 5.60 Å². The molecule has 0 spiro atoms. The fourth-order valence-corrected chi connectivity index (χ4v) is 3.54. The van der Waals surface area contributed by atoms with E-state index < -0.39 is 11.6 Å². The van der Waals surface area contributed by atoms with Gasteiger partial charge in [-0.3, -0.25) is 9.59 Å². The summed E-state index contributed by atoms with van der Waals surface area (Å²) < 4.78 is 6.12. The molecule has 0 fully saturated rings. The maximum atomic E-state index is 12.6. The standard InChI is InChI=1S/C15H15ClO3S/c1-8-11-7-10(16)5-6-12(11)20-13(8)14(18)15(3,4)19-9(2)17/h5-7H,1-4H3. The molecule has 0 N–H and O–H groups in total. The minimum Gasteiger partial charge on any atom is -0.451 e. The SMILES string of the molecule is CC(=O)OC(C)(C)C(=O)c1sc2ccc(Cl)cc2c1C. The van der Waals surface area contributed by atoms with E-state index in [1.54, 1.807) is 19.9 Å². The number of carbonyl (C=O) groups is 2. The summed E-state index contributed by atoms with van der Waals surface area (Å²) in [5.41, 5.74) is -0.293. The summed E-state index contributed by atoms with van der Waals surface area (Å²) in [5, 5.41) is 1.60. The van der Waals surface area contributed by atoms with Crippen molar-refractivity contribution in [3.8, 4) is 0 Å². The van der Waals surface area contributed by atoms with Gasteiger partial charge < -0.3 is 4.74 Å². The number of hydrogen-bond donors (Lipinski definition) is 0. The number of fused-ring (bicyclic) bond motifs is 1. The Hall–Kier alpha value is -1.39. The van der Waals surface area contributed by atoms with Crippen molar-refractivity contribution in [1.82, 2.24) is 0 Å². The van der Waals surface area contributed by atoms with E-state index in [4.69, 9.17) is 16.3 Å². The van der Waals surface area contributed by atoms with Crippen LogP contribution in [0.15, 0.2) is 18.2 Å². The molecule has 1 heterocycles. The fourth-order valence-electron chi connectivity index (χ4n) is 2.09. The molecular formula is C15H15ClO3S. The van der Waals surface area contributed by atoms with Crippen molar-refractivity contribution < 1.29 is 14.3 Å². The molecule has 0 aliphatic heterocycles. The molecule has 2 rings (SSSR count). The van der Waals surface area contributed by atoms with E-state index in [9.17, 15) is 9.59 Å². The molecule has 0 radical (unpaired) electrons. The summed E-state index contributed by atoms with van der Waals surface area (Å²) in [6.45, 7) is 6.39. The topological polar surface area (TPSA) is 43.4 Å². The highest BCUT2D eigenvalue weighted by Crippen LogP contribution is 2.35. The van der Waals surface area contributed by atoms with Crippen LogP contribution in [0.2, 0.25) is 5.02 Å². The van der Waals surface area contributed by atoms with E-state index in [0.29, 0.717) is 9.90 Å². The lowest BCUT2D eigenvalue weighted by atomic mass is 9.99. The summed E-state index contributed by atoms with van der Waals surface area (Å²) in [4.78, 5) is 24.3. The lowest BCUT2D eigenvalue weighted by molar-refractivity contribution is -0.149. The van der Waals surface area contributed by atoms with E-state index in [-0.39, 0.29) is 5.78 Å². The smallest absolute Gasteiger partial charge is 0.303 e. The van der Waals surface area contributed by atoms with Crippen LogP contribution in [0, 0.1) is 6.92 Å². The van der Waals surface area contributed by atoms with Gasteiger partial charge in [-0.1, -0.05) is 11.6 Å². The van der Waals surface area contributed by atoms with E-state index in [1.165, 1.54) is 18.3 Å². The molecular weight excluding hydrogens is 296 g/mol. The first kappa shape index (κ1) is 15.0. The Balaban J connectivity index is 2.50. The molecule has 20 heavy (non-hydrogen) atoms. The van der Waals surface area contributed by atoms with Gasteiger partial charge in [0, 0.05) is 16.6 Å². The van der Waals surface area contributed by atoms with E-state index in [2.05, 4.69) is 0 Å². The third-order valence-electron chi connectivity index (χ3n) is 3.05. The maximum absolute atomic E-state index is 12.6. The van der Waals surface area contributed by atoms with E-state index in [0.717, 1.165) is 15.6 Å². The van der Waals surface area contributed by atoms with Gasteiger partial charge in [-0.25, -0.2) is 0 Å². The predicted octanol–water partition coefficient (Wildman–Crippen LogP) is 4.39. The number of Topliss-reactive ketones (excluding diaryl/α,β-unsaturated/α-hetero) is 1. The number of carbonyl (C=O) groups excluding carboxylic acids is 2. The fraction of sp³-hybridized carbons (Fsp3) is 0.333. The van der Waals surface area contributed by atoms with Crippen LogP contribution in [0.25, 0.3) is 10.1 Å². The Morgan fingerprint density at radius 1 is 1.30 bits per heavy atom. The molecule has 0 saturated heterocycles. The quantitative estimate of drug-likeness (QED) is 0.624. The number of esters is 1. The Labute approximate surface area is 126 Å². The number of ether oxygens (including phenoxy) is 1. The van der Waals surface area contributed by atoms with Crippen molar-refractivity contribution >= 4 is 44.8 Å². The zero-order valence-electron chi connectivity index (χ0n) is 11.7.